The molecule has 2 N–H and O–H groups in total. The lowest BCUT2D eigenvalue weighted by Crippen LogP contribution is -2.38. The van der Waals surface area contributed by atoms with Crippen LogP contribution in [0.4, 0.5) is 5.69 Å². The lowest BCUT2D eigenvalue weighted by molar-refractivity contribution is -0.129. The average Bonchev–Trinajstić information content (AvgIpc) is 2.90. The highest BCUT2D eigenvalue weighted by molar-refractivity contribution is 7.80. The Labute approximate surface area is 224 Å². The molecule has 37 heavy (non-hydrogen) atoms. The molecule has 0 saturated carbocycles. The molecule has 0 bridgehead atoms. The molecule has 1 unspecified atom stereocenters. The molecule has 8 nitrogen and oxygen atoms in total. The Balaban J connectivity index is 1.47. The molecule has 4 rings (SSSR count). The number of hydrogen-bond acceptors (Lipinski definition) is 7. The van der Waals surface area contributed by atoms with Gasteiger partial charge in [0.2, 0.25) is 0 Å². The van der Waals surface area contributed by atoms with Crippen molar-refractivity contribution in [3.8, 4) is 23.0 Å². The number of anilines is 1. The number of ether oxygens (including phenoxy) is 4. The number of thiocarbonyl (C=S) groups is 1. The van der Waals surface area contributed by atoms with Gasteiger partial charge in [0.15, 0.2) is 22.7 Å². The monoisotopic (exact) mass is 537 g/mol. The van der Waals surface area contributed by atoms with E-state index in [9.17, 15) is 4.79 Å². The van der Waals surface area contributed by atoms with Crippen LogP contribution in [0.15, 0.2) is 72.9 Å². The van der Waals surface area contributed by atoms with Crippen LogP contribution in [0, 0.1) is 0 Å². The topological polar surface area (TPSA) is 90.9 Å². The number of hydrogen-bond donors (Lipinski definition) is 2. The zero-order chi connectivity index (χ0) is 26.4. The van der Waals surface area contributed by atoms with Crippen molar-refractivity contribution in [3.63, 3.8) is 0 Å². The molecule has 1 aromatic heterocycles. The van der Waals surface area contributed by atoms with E-state index in [1.54, 1.807) is 68.9 Å². The number of pyridine rings is 1. The quantitative estimate of drug-likeness (QED) is 0.268. The fourth-order valence-electron chi connectivity index (χ4n) is 3.68. The van der Waals surface area contributed by atoms with Crippen LogP contribution < -0.4 is 24.8 Å². The maximum Gasteiger partial charge on any atom is 0.259 e. The SMILES string of the molecule is COc1cc2nccc(Oc3ccc(NC(=S)NC(=O)C(OC)c4ccccc4)cc3Cl)c2cc1OC. The van der Waals surface area contributed by atoms with Gasteiger partial charge in [-0.1, -0.05) is 41.9 Å². The van der Waals surface area contributed by atoms with Gasteiger partial charge in [-0.25, -0.2) is 0 Å². The van der Waals surface area contributed by atoms with Crippen LogP contribution >= 0.6 is 23.8 Å². The second-order valence-corrected chi connectivity index (χ2v) is 8.57. The van der Waals surface area contributed by atoms with Crippen molar-refractivity contribution in [3.05, 3.63) is 83.5 Å². The van der Waals surface area contributed by atoms with Gasteiger partial charge in [0.25, 0.3) is 5.91 Å². The second kappa shape index (κ2) is 11.9. The lowest BCUT2D eigenvalue weighted by Gasteiger charge is -2.17. The van der Waals surface area contributed by atoms with E-state index in [4.69, 9.17) is 42.8 Å². The van der Waals surface area contributed by atoms with Crippen molar-refractivity contribution in [2.24, 2.45) is 0 Å². The number of halogens is 1. The van der Waals surface area contributed by atoms with Gasteiger partial charge in [0.1, 0.15) is 11.5 Å². The maximum atomic E-state index is 12.7. The minimum atomic E-state index is -0.797. The van der Waals surface area contributed by atoms with Gasteiger partial charge >= 0.3 is 0 Å². The molecule has 0 spiro atoms. The van der Waals surface area contributed by atoms with Crippen molar-refractivity contribution >= 4 is 51.4 Å². The summed E-state index contributed by atoms with van der Waals surface area (Å²) >= 11 is 11.8. The number of nitrogens with one attached hydrogen (secondary N) is 2. The molecule has 0 aliphatic rings. The third-order valence-corrected chi connectivity index (χ3v) is 5.93. The van der Waals surface area contributed by atoms with Crippen molar-refractivity contribution in [2.45, 2.75) is 6.10 Å². The molecule has 1 atom stereocenters. The Bertz CT molecular complexity index is 1430. The molecule has 4 aromatic rings. The van der Waals surface area contributed by atoms with E-state index in [0.717, 1.165) is 10.9 Å². The molecule has 1 heterocycles. The van der Waals surface area contributed by atoms with E-state index in [0.29, 0.717) is 39.2 Å². The van der Waals surface area contributed by atoms with Crippen LogP contribution in [-0.2, 0) is 9.53 Å². The molecule has 0 aliphatic carbocycles. The number of rotatable bonds is 8. The number of benzene rings is 3. The number of nitrogens with zero attached hydrogens (tertiary/aromatic N) is 1. The third kappa shape index (κ3) is 6.08. The molecule has 0 fully saturated rings. The predicted octanol–water partition coefficient (Wildman–Crippen LogP) is 5.90. The van der Waals surface area contributed by atoms with Crippen LogP contribution in [0.25, 0.3) is 10.9 Å². The van der Waals surface area contributed by atoms with Gasteiger partial charge in [-0.15, -0.1) is 0 Å². The summed E-state index contributed by atoms with van der Waals surface area (Å²) in [6, 6.07) is 19.5. The summed E-state index contributed by atoms with van der Waals surface area (Å²) in [6.07, 6.45) is 0.839. The van der Waals surface area contributed by atoms with Crippen LogP contribution in [0.3, 0.4) is 0 Å². The Morgan fingerprint density at radius 3 is 2.32 bits per heavy atom. The van der Waals surface area contributed by atoms with Gasteiger partial charge in [-0.05, 0) is 48.1 Å². The molecule has 190 valence electrons. The Hall–Kier alpha value is -3.92. The smallest absolute Gasteiger partial charge is 0.259 e. The number of methoxy groups -OCH3 is 3. The van der Waals surface area contributed by atoms with Gasteiger partial charge in [0, 0.05) is 30.4 Å². The molecule has 0 radical (unpaired) electrons. The highest BCUT2D eigenvalue weighted by atomic mass is 35.5. The van der Waals surface area contributed by atoms with Gasteiger partial charge < -0.3 is 29.6 Å². The standard InChI is InChI=1S/C27H24ClN3O5S/c1-33-23-14-18-20(15-24(23)34-2)29-12-11-21(18)36-22-10-9-17(13-19(22)28)30-27(37)31-26(32)25(35-3)16-7-5-4-6-8-16/h4-15,25H,1-3H3,(H2,30,31,32,37). The lowest BCUT2D eigenvalue weighted by atomic mass is 10.1. The largest absolute Gasteiger partial charge is 0.493 e. The fraction of sp³-hybridized carbons (Fsp3) is 0.148. The summed E-state index contributed by atoms with van der Waals surface area (Å²) < 4.78 is 22.2. The number of amides is 1. The Morgan fingerprint density at radius 2 is 1.65 bits per heavy atom. The first-order valence-electron chi connectivity index (χ1n) is 11.1. The first-order valence-corrected chi connectivity index (χ1v) is 11.9. The van der Waals surface area contributed by atoms with E-state index < -0.39 is 12.0 Å². The molecule has 1 amide bonds. The zero-order valence-corrected chi connectivity index (χ0v) is 21.9. The number of aromatic nitrogens is 1. The van der Waals surface area contributed by atoms with Crippen LogP contribution in [0.2, 0.25) is 5.02 Å². The van der Waals surface area contributed by atoms with Gasteiger partial charge in [-0.2, -0.15) is 0 Å². The van der Waals surface area contributed by atoms with E-state index >= 15 is 0 Å². The minimum absolute atomic E-state index is 0.105. The van der Waals surface area contributed by atoms with Crippen LogP contribution in [0.5, 0.6) is 23.0 Å². The number of carbonyl (C=O) groups excluding carboxylic acids is 1. The fourth-order valence-corrected chi connectivity index (χ4v) is 4.12. The number of fused-ring (bicyclic) bond motifs is 1. The van der Waals surface area contributed by atoms with Crippen LogP contribution in [0.1, 0.15) is 11.7 Å². The summed E-state index contributed by atoms with van der Waals surface area (Å²) in [5.41, 5.74) is 1.97. The van der Waals surface area contributed by atoms with Crippen molar-refractivity contribution in [2.75, 3.05) is 26.6 Å². The summed E-state index contributed by atoms with van der Waals surface area (Å²) in [5.74, 6) is 1.69. The van der Waals surface area contributed by atoms with Gasteiger partial charge in [0.05, 0.1) is 24.8 Å². The normalized spacial score (nSPS) is 11.5. The van der Waals surface area contributed by atoms with E-state index in [-0.39, 0.29) is 5.11 Å². The van der Waals surface area contributed by atoms with E-state index in [1.807, 2.05) is 18.2 Å². The molecular formula is C27H24ClN3O5S. The maximum absolute atomic E-state index is 12.7. The molecule has 0 saturated heterocycles. The van der Waals surface area contributed by atoms with Crippen molar-refractivity contribution in [1.82, 2.24) is 10.3 Å². The summed E-state index contributed by atoms with van der Waals surface area (Å²) in [5, 5.41) is 6.77. The summed E-state index contributed by atoms with van der Waals surface area (Å²) in [4.78, 5) is 17.0. The highest BCUT2D eigenvalue weighted by Crippen LogP contribution is 2.38. The molecule has 0 aliphatic heterocycles. The second-order valence-electron chi connectivity index (χ2n) is 7.75. The van der Waals surface area contributed by atoms with Gasteiger partial charge in [-0.3, -0.25) is 9.78 Å². The highest BCUT2D eigenvalue weighted by Gasteiger charge is 2.21. The van der Waals surface area contributed by atoms with Crippen molar-refractivity contribution in [1.29, 1.82) is 0 Å². The van der Waals surface area contributed by atoms with E-state index in [1.165, 1.54) is 7.11 Å². The molecule has 10 heteroatoms. The molecule has 3 aromatic carbocycles. The third-order valence-electron chi connectivity index (χ3n) is 5.43. The summed E-state index contributed by atoms with van der Waals surface area (Å²) in [6.45, 7) is 0. The first-order chi connectivity index (χ1) is 17.9. The Kier molecular flexibility index (Phi) is 8.39. The summed E-state index contributed by atoms with van der Waals surface area (Å²) in [7, 11) is 4.59. The Morgan fingerprint density at radius 1 is 0.919 bits per heavy atom. The minimum Gasteiger partial charge on any atom is -0.493 e. The first kappa shape index (κ1) is 26.2. The average molecular weight is 538 g/mol. The van der Waals surface area contributed by atoms with E-state index in [2.05, 4.69) is 15.6 Å². The van der Waals surface area contributed by atoms with Crippen LogP contribution in [-0.4, -0.2) is 37.3 Å². The number of carbonyl (C=O) groups is 1. The predicted molar refractivity (Wildman–Crippen MR) is 147 cm³/mol. The zero-order valence-electron chi connectivity index (χ0n) is 20.3. The van der Waals surface area contributed by atoms with Crippen molar-refractivity contribution < 1.29 is 23.7 Å². The molecular weight excluding hydrogens is 514 g/mol.